The molecule has 0 aliphatic heterocycles. The van der Waals surface area contributed by atoms with E-state index in [2.05, 4.69) is 43.2 Å². The second-order valence-electron chi connectivity index (χ2n) is 4.60. The molecule has 0 unspecified atom stereocenters. The Labute approximate surface area is 105 Å². The van der Waals surface area contributed by atoms with Gasteiger partial charge in [-0.05, 0) is 45.6 Å². The van der Waals surface area contributed by atoms with E-state index in [4.69, 9.17) is 4.74 Å². The number of nitrogens with zero attached hydrogens (tertiary/aromatic N) is 1. The van der Waals surface area contributed by atoms with Crippen molar-refractivity contribution in [2.45, 2.75) is 26.4 Å². The molecular weight excluding hydrogens is 212 g/mol. The quantitative estimate of drug-likeness (QED) is 0.785. The maximum atomic E-state index is 5.70. The highest BCUT2D eigenvalue weighted by atomic mass is 16.5. The van der Waals surface area contributed by atoms with Gasteiger partial charge in [0, 0.05) is 19.1 Å². The van der Waals surface area contributed by atoms with Crippen molar-refractivity contribution in [1.29, 1.82) is 0 Å². The molecule has 0 saturated heterocycles. The van der Waals surface area contributed by atoms with Crippen LogP contribution in [-0.2, 0) is 6.54 Å². The number of likely N-dealkylation sites (N-methyl/N-ethyl adjacent to an activating group) is 1. The van der Waals surface area contributed by atoms with E-state index in [9.17, 15) is 0 Å². The normalized spacial score (nSPS) is 11.2. The predicted molar refractivity (Wildman–Crippen MR) is 72.5 cm³/mol. The second-order valence-corrected chi connectivity index (χ2v) is 4.60. The SMILES string of the molecule is CNCc1ccc(OCCN(C)C(C)C)cc1. The molecule has 17 heavy (non-hydrogen) atoms. The van der Waals surface area contributed by atoms with E-state index in [0.29, 0.717) is 6.04 Å². The van der Waals surface area contributed by atoms with Crippen LogP contribution in [0.2, 0.25) is 0 Å². The molecule has 1 N–H and O–H groups in total. The number of benzene rings is 1. The second kappa shape index (κ2) is 7.30. The Balaban J connectivity index is 2.32. The first kappa shape index (κ1) is 14.0. The number of hydrogen-bond acceptors (Lipinski definition) is 3. The Morgan fingerprint density at radius 2 is 1.88 bits per heavy atom. The van der Waals surface area contributed by atoms with E-state index in [1.807, 2.05) is 19.2 Å². The minimum Gasteiger partial charge on any atom is -0.492 e. The van der Waals surface area contributed by atoms with Gasteiger partial charge in [0.1, 0.15) is 12.4 Å². The minimum absolute atomic E-state index is 0.566. The van der Waals surface area contributed by atoms with Crippen molar-refractivity contribution in [3.8, 4) is 5.75 Å². The lowest BCUT2D eigenvalue weighted by molar-refractivity contribution is 0.208. The molecule has 3 nitrogen and oxygen atoms in total. The Kier molecular flexibility index (Phi) is 6.01. The standard InChI is InChI=1S/C14H24N2O/c1-12(2)16(4)9-10-17-14-7-5-13(6-8-14)11-15-3/h5-8,12,15H,9-11H2,1-4H3. The van der Waals surface area contributed by atoms with Gasteiger partial charge in [0.2, 0.25) is 0 Å². The number of ether oxygens (including phenoxy) is 1. The van der Waals surface area contributed by atoms with Gasteiger partial charge < -0.3 is 15.0 Å². The monoisotopic (exact) mass is 236 g/mol. The van der Waals surface area contributed by atoms with E-state index in [1.54, 1.807) is 0 Å². The predicted octanol–water partition coefficient (Wildman–Crippen LogP) is 2.12. The van der Waals surface area contributed by atoms with Gasteiger partial charge >= 0.3 is 0 Å². The van der Waals surface area contributed by atoms with Crippen LogP contribution in [0.5, 0.6) is 5.75 Å². The third-order valence-electron chi connectivity index (χ3n) is 2.90. The van der Waals surface area contributed by atoms with E-state index < -0.39 is 0 Å². The summed E-state index contributed by atoms with van der Waals surface area (Å²) in [5.74, 6) is 0.946. The van der Waals surface area contributed by atoms with Crippen LogP contribution in [-0.4, -0.2) is 38.2 Å². The summed E-state index contributed by atoms with van der Waals surface area (Å²) in [7, 11) is 4.07. The van der Waals surface area contributed by atoms with Gasteiger partial charge in [-0.1, -0.05) is 12.1 Å². The lowest BCUT2D eigenvalue weighted by Gasteiger charge is -2.20. The fraction of sp³-hybridized carbons (Fsp3) is 0.571. The molecule has 0 aliphatic rings. The van der Waals surface area contributed by atoms with Crippen LogP contribution in [0.3, 0.4) is 0 Å². The van der Waals surface area contributed by atoms with Gasteiger partial charge in [-0.25, -0.2) is 0 Å². The minimum atomic E-state index is 0.566. The van der Waals surface area contributed by atoms with Crippen molar-refractivity contribution in [2.75, 3.05) is 27.2 Å². The van der Waals surface area contributed by atoms with Crippen molar-refractivity contribution < 1.29 is 4.74 Å². The smallest absolute Gasteiger partial charge is 0.119 e. The summed E-state index contributed by atoms with van der Waals surface area (Å²) in [6, 6.07) is 8.82. The van der Waals surface area contributed by atoms with E-state index >= 15 is 0 Å². The van der Waals surface area contributed by atoms with E-state index in [0.717, 1.165) is 25.4 Å². The maximum absolute atomic E-state index is 5.70. The average Bonchev–Trinajstić information content (AvgIpc) is 2.31. The van der Waals surface area contributed by atoms with Gasteiger partial charge in [0.25, 0.3) is 0 Å². The van der Waals surface area contributed by atoms with E-state index in [-0.39, 0.29) is 0 Å². The molecule has 0 aromatic heterocycles. The topological polar surface area (TPSA) is 24.5 Å². The van der Waals surface area contributed by atoms with Crippen LogP contribution in [0.1, 0.15) is 19.4 Å². The van der Waals surface area contributed by atoms with E-state index in [1.165, 1.54) is 5.56 Å². The number of nitrogens with one attached hydrogen (secondary N) is 1. The molecule has 1 aromatic carbocycles. The third-order valence-corrected chi connectivity index (χ3v) is 2.90. The van der Waals surface area contributed by atoms with Gasteiger partial charge in [0.15, 0.2) is 0 Å². The molecule has 1 aromatic rings. The highest BCUT2D eigenvalue weighted by Crippen LogP contribution is 2.12. The van der Waals surface area contributed by atoms with Gasteiger partial charge in [-0.3, -0.25) is 0 Å². The summed E-state index contributed by atoms with van der Waals surface area (Å²) in [6.45, 7) is 6.96. The molecule has 1 rings (SSSR count). The lowest BCUT2D eigenvalue weighted by atomic mass is 10.2. The molecule has 0 bridgehead atoms. The molecule has 0 aliphatic carbocycles. The summed E-state index contributed by atoms with van der Waals surface area (Å²) in [5, 5.41) is 3.13. The molecular formula is C14H24N2O. The van der Waals surface area contributed by atoms with Crippen LogP contribution in [0.15, 0.2) is 24.3 Å². The van der Waals surface area contributed by atoms with Crippen LogP contribution < -0.4 is 10.1 Å². The molecule has 0 spiro atoms. The van der Waals surface area contributed by atoms with Crippen molar-refractivity contribution in [2.24, 2.45) is 0 Å². The fourth-order valence-electron chi connectivity index (χ4n) is 1.47. The number of hydrogen-bond donors (Lipinski definition) is 1. The molecule has 3 heteroatoms. The summed E-state index contributed by atoms with van der Waals surface area (Å²) >= 11 is 0. The van der Waals surface area contributed by atoms with Crippen LogP contribution in [0.25, 0.3) is 0 Å². The molecule has 0 saturated carbocycles. The van der Waals surface area contributed by atoms with Crippen LogP contribution in [0, 0.1) is 0 Å². The fourth-order valence-corrected chi connectivity index (χ4v) is 1.47. The van der Waals surface area contributed by atoms with Gasteiger partial charge in [0.05, 0.1) is 0 Å². The van der Waals surface area contributed by atoms with Gasteiger partial charge in [-0.2, -0.15) is 0 Å². The molecule has 0 radical (unpaired) electrons. The lowest BCUT2D eigenvalue weighted by Crippen LogP contribution is -2.30. The average molecular weight is 236 g/mol. The summed E-state index contributed by atoms with van der Waals surface area (Å²) in [5.41, 5.74) is 1.28. The van der Waals surface area contributed by atoms with Crippen molar-refractivity contribution in [1.82, 2.24) is 10.2 Å². The first-order chi connectivity index (χ1) is 8.13. The van der Waals surface area contributed by atoms with Gasteiger partial charge in [-0.15, -0.1) is 0 Å². The summed E-state index contributed by atoms with van der Waals surface area (Å²) < 4.78 is 5.70. The zero-order valence-electron chi connectivity index (χ0n) is 11.4. The molecule has 0 fully saturated rings. The highest BCUT2D eigenvalue weighted by molar-refractivity contribution is 5.27. The number of rotatable bonds is 7. The van der Waals surface area contributed by atoms with Crippen LogP contribution in [0.4, 0.5) is 0 Å². The van der Waals surface area contributed by atoms with Crippen molar-refractivity contribution in [3.05, 3.63) is 29.8 Å². The third kappa shape index (κ3) is 5.20. The largest absolute Gasteiger partial charge is 0.492 e. The van der Waals surface area contributed by atoms with Crippen molar-refractivity contribution in [3.63, 3.8) is 0 Å². The Morgan fingerprint density at radius 3 is 2.41 bits per heavy atom. The van der Waals surface area contributed by atoms with Crippen molar-refractivity contribution >= 4 is 0 Å². The zero-order valence-corrected chi connectivity index (χ0v) is 11.4. The Morgan fingerprint density at radius 1 is 1.24 bits per heavy atom. The maximum Gasteiger partial charge on any atom is 0.119 e. The first-order valence-corrected chi connectivity index (χ1v) is 6.20. The van der Waals surface area contributed by atoms with Crippen LogP contribution >= 0.6 is 0 Å². The molecule has 0 amide bonds. The highest BCUT2D eigenvalue weighted by Gasteiger charge is 2.02. The summed E-state index contributed by atoms with van der Waals surface area (Å²) in [6.07, 6.45) is 0. The Bertz CT molecular complexity index is 309. The molecule has 96 valence electrons. The Hall–Kier alpha value is -1.06. The molecule has 0 heterocycles. The molecule has 0 atom stereocenters. The zero-order chi connectivity index (χ0) is 12.7. The first-order valence-electron chi connectivity index (χ1n) is 6.20. The summed E-state index contributed by atoms with van der Waals surface area (Å²) in [4.78, 5) is 2.27.